The molecule has 2 aromatic rings. The summed E-state index contributed by atoms with van der Waals surface area (Å²) in [4.78, 5) is 42.3. The summed E-state index contributed by atoms with van der Waals surface area (Å²) in [5.74, 6) is -1.04. The molecule has 0 radical (unpaired) electrons. The SMILES string of the molecule is CCOC(=O)C(CNC(=O)CCCCc1ccc2c(n1)NCCC2)NC(=O)C1CN(S(=O)(=O)c2ccc(Cl)s2)C1. The molecular formula is C26H34ClN5O6S2. The van der Waals surface area contributed by atoms with Gasteiger partial charge in [0.05, 0.1) is 16.9 Å². The van der Waals surface area contributed by atoms with Crippen molar-refractivity contribution >= 4 is 56.6 Å². The Labute approximate surface area is 243 Å². The van der Waals surface area contributed by atoms with E-state index in [0.717, 1.165) is 55.1 Å². The van der Waals surface area contributed by atoms with E-state index in [9.17, 15) is 22.8 Å². The van der Waals surface area contributed by atoms with Crippen molar-refractivity contribution in [2.45, 2.75) is 55.7 Å². The van der Waals surface area contributed by atoms with Gasteiger partial charge in [-0.15, -0.1) is 11.3 Å². The number of anilines is 1. The van der Waals surface area contributed by atoms with E-state index < -0.39 is 33.9 Å². The fraction of sp³-hybridized carbons (Fsp3) is 0.538. The Kier molecular flexibility index (Phi) is 10.4. The molecule has 4 heterocycles. The highest BCUT2D eigenvalue weighted by molar-refractivity contribution is 7.91. The molecule has 1 fully saturated rings. The number of esters is 1. The minimum Gasteiger partial charge on any atom is -0.464 e. The van der Waals surface area contributed by atoms with Gasteiger partial charge in [-0.2, -0.15) is 4.31 Å². The Hall–Kier alpha value is -2.74. The van der Waals surface area contributed by atoms with Gasteiger partial charge in [0.2, 0.25) is 11.8 Å². The molecule has 218 valence electrons. The maximum Gasteiger partial charge on any atom is 0.330 e. The third-order valence-corrected chi connectivity index (χ3v) is 10.3. The number of nitrogens with one attached hydrogen (secondary N) is 3. The van der Waals surface area contributed by atoms with Gasteiger partial charge in [0.1, 0.15) is 16.1 Å². The average molecular weight is 612 g/mol. The Morgan fingerprint density at radius 1 is 1.23 bits per heavy atom. The molecule has 1 saturated heterocycles. The van der Waals surface area contributed by atoms with Crippen molar-refractivity contribution in [3.05, 3.63) is 39.9 Å². The van der Waals surface area contributed by atoms with E-state index in [0.29, 0.717) is 10.8 Å². The fourth-order valence-electron chi connectivity index (χ4n) is 4.49. The first-order valence-electron chi connectivity index (χ1n) is 13.4. The highest BCUT2D eigenvalue weighted by Gasteiger charge is 2.42. The van der Waals surface area contributed by atoms with Crippen LogP contribution in [0.3, 0.4) is 0 Å². The summed E-state index contributed by atoms with van der Waals surface area (Å²) in [6.45, 7) is 2.55. The van der Waals surface area contributed by atoms with Gasteiger partial charge in [0.25, 0.3) is 10.0 Å². The van der Waals surface area contributed by atoms with Crippen LogP contribution in [-0.4, -0.2) is 74.3 Å². The van der Waals surface area contributed by atoms with E-state index in [4.69, 9.17) is 16.3 Å². The van der Waals surface area contributed by atoms with Gasteiger partial charge >= 0.3 is 5.97 Å². The lowest BCUT2D eigenvalue weighted by molar-refractivity contribution is -0.148. The van der Waals surface area contributed by atoms with E-state index in [1.165, 1.54) is 22.0 Å². The highest BCUT2D eigenvalue weighted by atomic mass is 35.5. The van der Waals surface area contributed by atoms with E-state index in [-0.39, 0.29) is 42.8 Å². The van der Waals surface area contributed by atoms with E-state index in [1.807, 2.05) is 6.07 Å². The van der Waals surface area contributed by atoms with Gasteiger partial charge in [-0.1, -0.05) is 17.7 Å². The zero-order chi connectivity index (χ0) is 28.7. The quantitative estimate of drug-likeness (QED) is 0.231. The van der Waals surface area contributed by atoms with Crippen LogP contribution in [0.5, 0.6) is 0 Å². The third-order valence-electron chi connectivity index (χ3n) is 6.79. The first-order valence-corrected chi connectivity index (χ1v) is 16.0. The number of halogens is 1. The molecule has 40 heavy (non-hydrogen) atoms. The summed E-state index contributed by atoms with van der Waals surface area (Å²) in [7, 11) is -3.72. The minimum absolute atomic E-state index is 0.0132. The van der Waals surface area contributed by atoms with Crippen LogP contribution in [-0.2, 0) is 42.0 Å². The van der Waals surface area contributed by atoms with Crippen LogP contribution >= 0.6 is 22.9 Å². The van der Waals surface area contributed by atoms with Gasteiger partial charge in [0, 0.05) is 38.3 Å². The summed E-state index contributed by atoms with van der Waals surface area (Å²) in [6.07, 6.45) is 4.62. The van der Waals surface area contributed by atoms with Crippen molar-refractivity contribution in [2.75, 3.05) is 38.1 Å². The molecule has 2 aliphatic rings. The topological polar surface area (TPSA) is 147 Å². The van der Waals surface area contributed by atoms with Crippen LogP contribution in [0.4, 0.5) is 5.82 Å². The molecule has 4 rings (SSSR count). The number of hydrogen-bond acceptors (Lipinski definition) is 9. The van der Waals surface area contributed by atoms with Gasteiger partial charge in [-0.3, -0.25) is 9.59 Å². The number of aromatic nitrogens is 1. The van der Waals surface area contributed by atoms with Crippen LogP contribution in [0.2, 0.25) is 4.34 Å². The smallest absolute Gasteiger partial charge is 0.330 e. The lowest BCUT2D eigenvalue weighted by Crippen LogP contribution is -2.59. The summed E-state index contributed by atoms with van der Waals surface area (Å²) < 4.78 is 32.0. The summed E-state index contributed by atoms with van der Waals surface area (Å²) in [5.41, 5.74) is 2.22. The van der Waals surface area contributed by atoms with Gasteiger partial charge < -0.3 is 20.7 Å². The predicted molar refractivity (Wildman–Crippen MR) is 152 cm³/mol. The third kappa shape index (κ3) is 7.71. The van der Waals surface area contributed by atoms with Gasteiger partial charge in [-0.05, 0) is 62.8 Å². The van der Waals surface area contributed by atoms with Gasteiger partial charge in [-0.25, -0.2) is 18.2 Å². The Balaban J connectivity index is 1.20. The number of nitrogens with zero attached hydrogens (tertiary/aromatic N) is 2. The average Bonchev–Trinajstić information content (AvgIpc) is 3.35. The monoisotopic (exact) mass is 611 g/mol. The molecule has 0 bridgehead atoms. The molecule has 0 saturated carbocycles. The molecular weight excluding hydrogens is 578 g/mol. The Morgan fingerprint density at radius 3 is 2.75 bits per heavy atom. The van der Waals surface area contributed by atoms with Crippen molar-refractivity contribution in [3.8, 4) is 0 Å². The second-order valence-corrected chi connectivity index (χ2v) is 13.6. The van der Waals surface area contributed by atoms with E-state index >= 15 is 0 Å². The normalized spacial score (nSPS) is 16.2. The number of rotatable bonds is 13. The van der Waals surface area contributed by atoms with Crippen LogP contribution in [0.1, 0.15) is 43.9 Å². The lowest BCUT2D eigenvalue weighted by Gasteiger charge is -2.37. The van der Waals surface area contributed by atoms with Crippen LogP contribution in [0, 0.1) is 5.92 Å². The molecule has 3 N–H and O–H groups in total. The summed E-state index contributed by atoms with van der Waals surface area (Å²) >= 11 is 6.80. The maximum atomic E-state index is 12.8. The Bertz CT molecular complexity index is 1330. The Morgan fingerprint density at radius 2 is 2.02 bits per heavy atom. The highest BCUT2D eigenvalue weighted by Crippen LogP contribution is 2.31. The molecule has 11 nitrogen and oxygen atoms in total. The van der Waals surface area contributed by atoms with Crippen LogP contribution in [0.15, 0.2) is 28.5 Å². The fourth-order valence-corrected chi connectivity index (χ4v) is 7.66. The number of carbonyl (C=O) groups excluding carboxylic acids is 3. The number of sulfonamides is 1. The second kappa shape index (κ2) is 13.7. The van der Waals surface area contributed by atoms with E-state index in [1.54, 1.807) is 6.92 Å². The van der Waals surface area contributed by atoms with Crippen molar-refractivity contribution in [1.82, 2.24) is 19.9 Å². The van der Waals surface area contributed by atoms with Crippen molar-refractivity contribution in [1.29, 1.82) is 0 Å². The molecule has 2 aliphatic heterocycles. The molecule has 0 aromatic carbocycles. The molecule has 0 aliphatic carbocycles. The first-order chi connectivity index (χ1) is 19.2. The number of ether oxygens (including phenoxy) is 1. The van der Waals surface area contributed by atoms with Crippen molar-refractivity contribution in [3.63, 3.8) is 0 Å². The summed E-state index contributed by atoms with van der Waals surface area (Å²) in [5, 5.41) is 8.63. The summed E-state index contributed by atoms with van der Waals surface area (Å²) in [6, 6.07) is 6.00. The van der Waals surface area contributed by atoms with Crippen LogP contribution in [0.25, 0.3) is 0 Å². The van der Waals surface area contributed by atoms with Gasteiger partial charge in [0.15, 0.2) is 0 Å². The number of pyridine rings is 1. The van der Waals surface area contributed by atoms with Crippen LogP contribution < -0.4 is 16.0 Å². The number of carbonyl (C=O) groups is 3. The minimum atomic E-state index is -3.72. The number of aryl methyl sites for hydroxylation is 2. The zero-order valence-electron chi connectivity index (χ0n) is 22.3. The number of hydrogen-bond donors (Lipinski definition) is 3. The largest absolute Gasteiger partial charge is 0.464 e. The molecule has 2 aromatic heterocycles. The molecule has 14 heteroatoms. The molecule has 1 unspecified atom stereocenters. The number of thiophene rings is 1. The zero-order valence-corrected chi connectivity index (χ0v) is 24.7. The maximum absolute atomic E-state index is 12.8. The lowest BCUT2D eigenvalue weighted by atomic mass is 10.0. The first kappa shape index (κ1) is 30.2. The molecule has 1 atom stereocenters. The number of fused-ring (bicyclic) bond motifs is 1. The number of amides is 2. The standard InChI is InChI=1S/C26H34ClN5O6S2/c1-2-38-26(35)20(31-25(34)18-15-32(16-18)40(36,37)23-12-11-21(27)39-23)14-29-22(33)8-4-3-7-19-10-9-17-6-5-13-28-24(17)30-19/h9-12,18,20H,2-8,13-16H2,1H3,(H,28,30)(H,29,33)(H,31,34). The predicted octanol–water partition coefficient (Wildman–Crippen LogP) is 2.35. The van der Waals surface area contributed by atoms with E-state index in [2.05, 4.69) is 27.0 Å². The van der Waals surface area contributed by atoms with Crippen molar-refractivity contribution in [2.24, 2.45) is 5.92 Å². The molecule has 2 amide bonds. The number of unbranched alkanes of at least 4 members (excludes halogenated alkanes) is 1. The van der Waals surface area contributed by atoms with Crippen molar-refractivity contribution < 1.29 is 27.5 Å². The molecule has 0 spiro atoms. The second-order valence-electron chi connectivity index (χ2n) is 9.74.